The SMILES string of the molecule is CSc1nsc(NC(=O)C(C#N)=Cc2c(C)[nH]c3ccccc23)n1. The van der Waals surface area contributed by atoms with E-state index in [1.807, 2.05) is 43.5 Å². The van der Waals surface area contributed by atoms with E-state index < -0.39 is 5.91 Å². The summed E-state index contributed by atoms with van der Waals surface area (Å²) in [6.07, 6.45) is 3.45. The Kier molecular flexibility index (Phi) is 4.64. The van der Waals surface area contributed by atoms with Crippen LogP contribution in [0.5, 0.6) is 0 Å². The predicted molar refractivity (Wildman–Crippen MR) is 96.9 cm³/mol. The smallest absolute Gasteiger partial charge is 0.268 e. The standard InChI is InChI=1S/C16H13N5OS2/c1-9-12(11-5-3-4-6-13(11)18-9)7-10(8-17)14(22)19-15-20-16(23-2)21-24-15/h3-7,18H,1-2H3,(H,19,20,21,22). The molecule has 1 amide bonds. The van der Waals surface area contributed by atoms with Gasteiger partial charge in [0.2, 0.25) is 10.3 Å². The lowest BCUT2D eigenvalue weighted by Gasteiger charge is -2.00. The molecule has 0 unspecified atom stereocenters. The molecule has 2 N–H and O–H groups in total. The zero-order valence-corrected chi connectivity index (χ0v) is 14.6. The molecule has 120 valence electrons. The summed E-state index contributed by atoms with van der Waals surface area (Å²) in [6, 6.07) is 9.72. The number of benzene rings is 1. The third kappa shape index (κ3) is 3.18. The predicted octanol–water partition coefficient (Wildman–Crippen LogP) is 3.60. The number of hydrogen-bond acceptors (Lipinski definition) is 6. The minimum absolute atomic E-state index is 0.0174. The lowest BCUT2D eigenvalue weighted by molar-refractivity contribution is -0.112. The molecule has 3 rings (SSSR count). The van der Waals surface area contributed by atoms with Gasteiger partial charge in [0, 0.05) is 33.7 Å². The molecule has 2 aromatic heterocycles. The Labute approximate surface area is 146 Å². The van der Waals surface area contributed by atoms with Gasteiger partial charge in [0.15, 0.2) is 0 Å². The molecule has 0 radical (unpaired) electrons. The number of nitriles is 1. The van der Waals surface area contributed by atoms with Crippen LogP contribution in [0.25, 0.3) is 17.0 Å². The van der Waals surface area contributed by atoms with E-state index in [1.54, 1.807) is 6.08 Å². The Morgan fingerprint density at radius 1 is 1.46 bits per heavy atom. The molecule has 0 bridgehead atoms. The molecule has 0 aliphatic carbocycles. The number of amides is 1. The number of H-pyrrole nitrogens is 1. The average molecular weight is 355 g/mol. The highest BCUT2D eigenvalue weighted by atomic mass is 32.2. The van der Waals surface area contributed by atoms with Crippen molar-refractivity contribution in [3.8, 4) is 6.07 Å². The second-order valence-corrected chi connectivity index (χ2v) is 6.44. The highest BCUT2D eigenvalue weighted by molar-refractivity contribution is 7.98. The quantitative estimate of drug-likeness (QED) is 0.424. The van der Waals surface area contributed by atoms with E-state index in [2.05, 4.69) is 19.7 Å². The van der Waals surface area contributed by atoms with E-state index in [0.717, 1.165) is 33.7 Å². The summed E-state index contributed by atoms with van der Waals surface area (Å²) in [5, 5.41) is 13.9. The number of anilines is 1. The van der Waals surface area contributed by atoms with Gasteiger partial charge in [0.05, 0.1) is 0 Å². The van der Waals surface area contributed by atoms with Gasteiger partial charge in [0.25, 0.3) is 5.91 Å². The largest absolute Gasteiger partial charge is 0.358 e. The Bertz CT molecular complexity index is 980. The first-order chi connectivity index (χ1) is 11.6. The lowest BCUT2D eigenvalue weighted by atomic mass is 10.1. The number of nitrogens with zero attached hydrogens (tertiary/aromatic N) is 3. The van der Waals surface area contributed by atoms with Crippen molar-refractivity contribution >= 4 is 51.3 Å². The summed E-state index contributed by atoms with van der Waals surface area (Å²) in [6.45, 7) is 1.91. The molecule has 8 heteroatoms. The van der Waals surface area contributed by atoms with E-state index in [-0.39, 0.29) is 5.57 Å². The molecule has 2 heterocycles. The molecule has 1 aromatic carbocycles. The van der Waals surface area contributed by atoms with Gasteiger partial charge in [-0.2, -0.15) is 14.6 Å². The maximum absolute atomic E-state index is 12.3. The van der Waals surface area contributed by atoms with Gasteiger partial charge in [0.1, 0.15) is 11.6 Å². The van der Waals surface area contributed by atoms with Crippen molar-refractivity contribution in [3.05, 3.63) is 41.1 Å². The van der Waals surface area contributed by atoms with E-state index in [0.29, 0.717) is 10.3 Å². The van der Waals surface area contributed by atoms with Crippen molar-refractivity contribution in [1.29, 1.82) is 5.26 Å². The number of carbonyl (C=O) groups excluding carboxylic acids is 1. The monoisotopic (exact) mass is 355 g/mol. The molecule has 0 atom stereocenters. The van der Waals surface area contributed by atoms with Crippen molar-refractivity contribution in [2.24, 2.45) is 0 Å². The van der Waals surface area contributed by atoms with Gasteiger partial charge in [-0.05, 0) is 25.3 Å². The fourth-order valence-electron chi connectivity index (χ4n) is 2.29. The zero-order valence-electron chi connectivity index (χ0n) is 13.0. The van der Waals surface area contributed by atoms with Crippen LogP contribution < -0.4 is 5.32 Å². The summed E-state index contributed by atoms with van der Waals surface area (Å²) in [5.74, 6) is -0.494. The number of para-hydroxylation sites is 1. The molecular weight excluding hydrogens is 342 g/mol. The maximum atomic E-state index is 12.3. The van der Waals surface area contributed by atoms with Crippen LogP contribution in [0.15, 0.2) is 35.0 Å². The Morgan fingerprint density at radius 3 is 2.96 bits per heavy atom. The van der Waals surface area contributed by atoms with Gasteiger partial charge in [-0.15, -0.1) is 0 Å². The topological polar surface area (TPSA) is 94.5 Å². The van der Waals surface area contributed by atoms with Crippen LogP contribution >= 0.6 is 23.3 Å². The summed E-state index contributed by atoms with van der Waals surface area (Å²) in [4.78, 5) is 19.7. The number of aromatic nitrogens is 3. The molecule has 0 saturated heterocycles. The summed E-state index contributed by atoms with van der Waals surface area (Å²) >= 11 is 2.48. The number of thioether (sulfide) groups is 1. The van der Waals surface area contributed by atoms with Crippen LogP contribution in [0.3, 0.4) is 0 Å². The zero-order chi connectivity index (χ0) is 17.1. The van der Waals surface area contributed by atoms with Crippen LogP contribution in [-0.2, 0) is 4.79 Å². The first-order valence-corrected chi connectivity index (χ1v) is 9.00. The molecular formula is C16H13N5OS2. The van der Waals surface area contributed by atoms with Crippen LogP contribution in [0.1, 0.15) is 11.3 Å². The van der Waals surface area contributed by atoms with E-state index in [4.69, 9.17) is 0 Å². The summed E-state index contributed by atoms with van der Waals surface area (Å²) in [7, 11) is 0. The molecule has 0 fully saturated rings. The third-order valence-corrected chi connectivity index (χ3v) is 4.70. The number of fused-ring (bicyclic) bond motifs is 1. The normalized spacial score (nSPS) is 11.5. The third-order valence-electron chi connectivity index (χ3n) is 3.41. The van der Waals surface area contributed by atoms with Crippen LogP contribution in [0, 0.1) is 18.3 Å². The first-order valence-electron chi connectivity index (χ1n) is 7.00. The molecule has 0 aliphatic rings. The van der Waals surface area contributed by atoms with Crippen molar-refractivity contribution in [2.45, 2.75) is 12.1 Å². The van der Waals surface area contributed by atoms with Gasteiger partial charge >= 0.3 is 0 Å². The second-order valence-electron chi connectivity index (χ2n) is 4.92. The van der Waals surface area contributed by atoms with Crippen molar-refractivity contribution < 1.29 is 4.79 Å². The van der Waals surface area contributed by atoms with Gasteiger partial charge in [-0.3, -0.25) is 10.1 Å². The number of rotatable bonds is 4. The van der Waals surface area contributed by atoms with Gasteiger partial charge in [-0.25, -0.2) is 0 Å². The highest BCUT2D eigenvalue weighted by Crippen LogP contribution is 2.25. The number of aryl methyl sites for hydroxylation is 1. The van der Waals surface area contributed by atoms with Crippen LogP contribution in [0.2, 0.25) is 0 Å². The molecule has 24 heavy (non-hydrogen) atoms. The Hall–Kier alpha value is -2.63. The average Bonchev–Trinajstić information content (AvgIpc) is 3.16. The molecule has 3 aromatic rings. The fourth-order valence-corrected chi connectivity index (χ4v) is 3.41. The number of aromatic amines is 1. The molecule has 0 saturated carbocycles. The number of hydrogen-bond donors (Lipinski definition) is 2. The minimum atomic E-state index is -0.494. The molecule has 0 aliphatic heterocycles. The van der Waals surface area contributed by atoms with Gasteiger partial charge in [-0.1, -0.05) is 30.0 Å². The highest BCUT2D eigenvalue weighted by Gasteiger charge is 2.14. The Balaban J connectivity index is 1.92. The molecule has 0 spiro atoms. The second kappa shape index (κ2) is 6.86. The Morgan fingerprint density at radius 2 is 2.25 bits per heavy atom. The minimum Gasteiger partial charge on any atom is -0.358 e. The van der Waals surface area contributed by atoms with Crippen LogP contribution in [0.4, 0.5) is 5.13 Å². The lowest BCUT2D eigenvalue weighted by Crippen LogP contribution is -2.13. The summed E-state index contributed by atoms with van der Waals surface area (Å²) < 4.78 is 4.08. The first kappa shape index (κ1) is 16.2. The van der Waals surface area contributed by atoms with Crippen molar-refractivity contribution in [1.82, 2.24) is 14.3 Å². The van der Waals surface area contributed by atoms with Crippen molar-refractivity contribution in [3.63, 3.8) is 0 Å². The van der Waals surface area contributed by atoms with Crippen molar-refractivity contribution in [2.75, 3.05) is 11.6 Å². The maximum Gasteiger partial charge on any atom is 0.268 e. The number of nitrogens with one attached hydrogen (secondary N) is 2. The summed E-state index contributed by atoms with van der Waals surface area (Å²) in [5.41, 5.74) is 2.72. The van der Waals surface area contributed by atoms with E-state index in [1.165, 1.54) is 11.8 Å². The van der Waals surface area contributed by atoms with E-state index >= 15 is 0 Å². The van der Waals surface area contributed by atoms with Gasteiger partial charge < -0.3 is 4.98 Å². The van der Waals surface area contributed by atoms with Crippen LogP contribution in [-0.4, -0.2) is 26.5 Å². The number of carbonyl (C=O) groups is 1. The molecule has 6 nitrogen and oxygen atoms in total. The fraction of sp³-hybridized carbons (Fsp3) is 0.125. The van der Waals surface area contributed by atoms with E-state index in [9.17, 15) is 10.1 Å².